The van der Waals surface area contributed by atoms with Gasteiger partial charge in [-0.25, -0.2) is 0 Å². The van der Waals surface area contributed by atoms with Gasteiger partial charge in [-0.2, -0.15) is 0 Å². The van der Waals surface area contributed by atoms with Gasteiger partial charge in [-0.05, 0) is 23.1 Å². The molecule has 78 valence electrons. The number of hydrogen-bond acceptors (Lipinski definition) is 0. The van der Waals surface area contributed by atoms with E-state index in [4.69, 9.17) is 23.2 Å². The van der Waals surface area contributed by atoms with E-state index >= 15 is 0 Å². The summed E-state index contributed by atoms with van der Waals surface area (Å²) in [6.45, 7) is 6.53. The number of hydrogen-bond donors (Lipinski definition) is 0. The Morgan fingerprint density at radius 3 is 2.14 bits per heavy atom. The van der Waals surface area contributed by atoms with Crippen molar-refractivity contribution in [2.24, 2.45) is 5.41 Å². The molecular formula is C11H13BrCl2. The molecule has 0 fully saturated rings. The number of benzene rings is 1. The predicted octanol–water partition coefficient (Wildman–Crippen LogP) is 5.48. The van der Waals surface area contributed by atoms with Crippen molar-refractivity contribution >= 4 is 39.1 Å². The Balaban J connectivity index is 3.03. The van der Waals surface area contributed by atoms with Crippen molar-refractivity contribution in [2.75, 3.05) is 0 Å². The molecule has 0 bridgehead atoms. The zero-order chi connectivity index (χ0) is 10.9. The molecule has 0 aliphatic rings. The highest BCUT2D eigenvalue weighted by atomic mass is 79.9. The fourth-order valence-electron chi connectivity index (χ4n) is 1.17. The third-order valence-electron chi connectivity index (χ3n) is 2.00. The van der Waals surface area contributed by atoms with Crippen LogP contribution in [-0.2, 0) is 0 Å². The molecule has 0 aliphatic heterocycles. The first kappa shape index (κ1) is 12.4. The van der Waals surface area contributed by atoms with Gasteiger partial charge in [-0.15, -0.1) is 0 Å². The highest BCUT2D eigenvalue weighted by Crippen LogP contribution is 2.41. The average molecular weight is 296 g/mol. The van der Waals surface area contributed by atoms with Crippen LogP contribution < -0.4 is 0 Å². The summed E-state index contributed by atoms with van der Waals surface area (Å²) in [5, 5.41) is 1.21. The molecule has 1 aromatic rings. The number of rotatable bonds is 1. The van der Waals surface area contributed by atoms with Crippen LogP contribution in [0, 0.1) is 5.41 Å². The molecular weight excluding hydrogens is 283 g/mol. The summed E-state index contributed by atoms with van der Waals surface area (Å²) in [6, 6.07) is 5.74. The molecule has 0 saturated heterocycles. The molecule has 0 radical (unpaired) electrons. The van der Waals surface area contributed by atoms with Crippen molar-refractivity contribution in [2.45, 2.75) is 25.6 Å². The normalized spacial score (nSPS) is 14.1. The largest absolute Gasteiger partial charge is 0.0833 e. The Labute approximate surface area is 104 Å². The van der Waals surface area contributed by atoms with Crippen LogP contribution in [-0.4, -0.2) is 0 Å². The first-order valence-corrected chi connectivity index (χ1v) is 6.08. The lowest BCUT2D eigenvalue weighted by molar-refractivity contribution is 0.407. The standard InChI is InChI=1S/C11H13BrCl2/c1-11(2,3)10(12)7-4-5-8(13)9(14)6-7/h4-6,10H,1-3H3. The molecule has 1 atom stereocenters. The monoisotopic (exact) mass is 294 g/mol. The minimum atomic E-state index is 0.164. The van der Waals surface area contributed by atoms with Gasteiger partial charge in [0.05, 0.1) is 10.0 Å². The number of halogens is 3. The molecule has 1 aromatic carbocycles. The van der Waals surface area contributed by atoms with E-state index in [9.17, 15) is 0 Å². The summed E-state index contributed by atoms with van der Waals surface area (Å²) in [5.74, 6) is 0. The lowest BCUT2D eigenvalue weighted by atomic mass is 9.88. The van der Waals surface area contributed by atoms with Crippen molar-refractivity contribution in [3.8, 4) is 0 Å². The summed E-state index contributed by atoms with van der Waals surface area (Å²) >= 11 is 15.5. The highest BCUT2D eigenvalue weighted by Gasteiger charge is 2.23. The Kier molecular flexibility index (Phi) is 3.90. The minimum absolute atomic E-state index is 0.164. The van der Waals surface area contributed by atoms with Gasteiger partial charge in [0, 0.05) is 4.83 Å². The maximum absolute atomic E-state index is 5.96. The van der Waals surface area contributed by atoms with E-state index in [0.29, 0.717) is 10.0 Å². The first-order valence-electron chi connectivity index (χ1n) is 4.41. The second kappa shape index (κ2) is 4.42. The van der Waals surface area contributed by atoms with Gasteiger partial charge in [0.1, 0.15) is 0 Å². The zero-order valence-electron chi connectivity index (χ0n) is 8.44. The van der Waals surface area contributed by atoms with E-state index in [1.807, 2.05) is 18.2 Å². The topological polar surface area (TPSA) is 0 Å². The van der Waals surface area contributed by atoms with E-state index in [0.717, 1.165) is 5.56 Å². The van der Waals surface area contributed by atoms with E-state index in [1.54, 1.807) is 0 Å². The van der Waals surface area contributed by atoms with Crippen molar-refractivity contribution in [1.82, 2.24) is 0 Å². The Morgan fingerprint density at radius 1 is 1.14 bits per heavy atom. The third kappa shape index (κ3) is 2.88. The van der Waals surface area contributed by atoms with Crippen LogP contribution in [0.2, 0.25) is 10.0 Å². The van der Waals surface area contributed by atoms with Crippen LogP contribution in [0.5, 0.6) is 0 Å². The van der Waals surface area contributed by atoms with Crippen LogP contribution >= 0.6 is 39.1 Å². The van der Waals surface area contributed by atoms with Gasteiger partial charge in [0.2, 0.25) is 0 Å². The quantitative estimate of drug-likeness (QED) is 0.602. The fraction of sp³-hybridized carbons (Fsp3) is 0.455. The molecule has 3 heteroatoms. The summed E-state index contributed by atoms with van der Waals surface area (Å²) in [6.07, 6.45) is 0. The van der Waals surface area contributed by atoms with Crippen molar-refractivity contribution < 1.29 is 0 Å². The molecule has 14 heavy (non-hydrogen) atoms. The fourth-order valence-corrected chi connectivity index (χ4v) is 1.76. The molecule has 0 N–H and O–H groups in total. The first-order chi connectivity index (χ1) is 6.32. The minimum Gasteiger partial charge on any atom is -0.0833 e. The van der Waals surface area contributed by atoms with Gasteiger partial charge in [-0.3, -0.25) is 0 Å². The smallest absolute Gasteiger partial charge is 0.0595 e. The van der Waals surface area contributed by atoms with Gasteiger partial charge in [-0.1, -0.05) is 66.0 Å². The SMILES string of the molecule is CC(C)(C)C(Br)c1ccc(Cl)c(Cl)c1. The average Bonchev–Trinajstić information content (AvgIpc) is 2.07. The van der Waals surface area contributed by atoms with Crippen LogP contribution in [0.3, 0.4) is 0 Å². The summed E-state index contributed by atoms with van der Waals surface area (Å²) < 4.78 is 0. The lowest BCUT2D eigenvalue weighted by Gasteiger charge is -2.26. The van der Waals surface area contributed by atoms with Crippen LogP contribution in [0.1, 0.15) is 31.2 Å². The molecule has 0 nitrogen and oxygen atoms in total. The van der Waals surface area contributed by atoms with Gasteiger partial charge < -0.3 is 0 Å². The van der Waals surface area contributed by atoms with E-state index in [-0.39, 0.29) is 10.2 Å². The van der Waals surface area contributed by atoms with Crippen molar-refractivity contribution in [3.05, 3.63) is 33.8 Å². The number of alkyl halides is 1. The lowest BCUT2D eigenvalue weighted by Crippen LogP contribution is -2.12. The summed E-state index contributed by atoms with van der Waals surface area (Å²) in [4.78, 5) is 0.282. The molecule has 0 aromatic heterocycles. The molecule has 0 amide bonds. The van der Waals surface area contributed by atoms with Gasteiger partial charge in [0.15, 0.2) is 0 Å². The maximum Gasteiger partial charge on any atom is 0.0595 e. The van der Waals surface area contributed by atoms with E-state index in [1.165, 1.54) is 0 Å². The predicted molar refractivity (Wildman–Crippen MR) is 67.6 cm³/mol. The zero-order valence-corrected chi connectivity index (χ0v) is 11.5. The summed E-state index contributed by atoms with van der Waals surface area (Å²) in [5.41, 5.74) is 1.32. The molecule has 0 spiro atoms. The Morgan fingerprint density at radius 2 is 1.71 bits per heavy atom. The molecule has 0 heterocycles. The molecule has 1 rings (SSSR count). The maximum atomic E-state index is 5.96. The third-order valence-corrected chi connectivity index (χ3v) is 4.64. The molecule has 1 unspecified atom stereocenters. The molecule has 0 saturated carbocycles. The van der Waals surface area contributed by atoms with Gasteiger partial charge in [0.25, 0.3) is 0 Å². The van der Waals surface area contributed by atoms with Crippen molar-refractivity contribution in [3.63, 3.8) is 0 Å². The summed E-state index contributed by atoms with van der Waals surface area (Å²) in [7, 11) is 0. The Hall–Kier alpha value is 0.280. The Bertz CT molecular complexity index is 329. The molecule has 0 aliphatic carbocycles. The van der Waals surface area contributed by atoms with Crippen LogP contribution in [0.25, 0.3) is 0 Å². The highest BCUT2D eigenvalue weighted by molar-refractivity contribution is 9.09. The van der Waals surface area contributed by atoms with E-state index in [2.05, 4.69) is 36.7 Å². The second-order valence-corrected chi connectivity index (χ2v) is 6.13. The van der Waals surface area contributed by atoms with Gasteiger partial charge >= 0.3 is 0 Å². The van der Waals surface area contributed by atoms with Crippen molar-refractivity contribution in [1.29, 1.82) is 0 Å². The van der Waals surface area contributed by atoms with Crippen LogP contribution in [0.4, 0.5) is 0 Å². The second-order valence-electron chi connectivity index (χ2n) is 4.40. The van der Waals surface area contributed by atoms with Crippen LogP contribution in [0.15, 0.2) is 18.2 Å². The van der Waals surface area contributed by atoms with E-state index < -0.39 is 0 Å².